The lowest BCUT2D eigenvalue weighted by Crippen LogP contribution is -2.20. The van der Waals surface area contributed by atoms with Gasteiger partial charge in [0.25, 0.3) is 5.91 Å². The normalized spacial score (nSPS) is 11.4. The van der Waals surface area contributed by atoms with Crippen molar-refractivity contribution in [3.8, 4) is 11.4 Å². The van der Waals surface area contributed by atoms with Crippen LogP contribution in [0, 0.1) is 6.92 Å². The van der Waals surface area contributed by atoms with Crippen molar-refractivity contribution < 1.29 is 4.79 Å². The van der Waals surface area contributed by atoms with Crippen LogP contribution in [0.15, 0.2) is 58.8 Å². The first kappa shape index (κ1) is 21.8. The molecule has 6 nitrogen and oxygen atoms in total. The van der Waals surface area contributed by atoms with E-state index in [-0.39, 0.29) is 11.7 Å². The Hall–Kier alpha value is -2.93. The van der Waals surface area contributed by atoms with Gasteiger partial charge in [-0.25, -0.2) is 5.43 Å². The number of hydrogen-bond acceptors (Lipinski definition) is 5. The number of hydrazone groups is 1. The molecule has 7 heteroatoms. The molecule has 0 aliphatic heterocycles. The Labute approximate surface area is 181 Å². The minimum absolute atomic E-state index is 0.183. The fourth-order valence-corrected chi connectivity index (χ4v) is 3.70. The second-order valence-corrected chi connectivity index (χ2v) is 8.26. The van der Waals surface area contributed by atoms with E-state index in [1.807, 2.05) is 35.8 Å². The first-order valence-corrected chi connectivity index (χ1v) is 11.0. The summed E-state index contributed by atoms with van der Waals surface area (Å²) in [7, 11) is 0. The van der Waals surface area contributed by atoms with Crippen LogP contribution < -0.4 is 5.43 Å². The summed E-state index contributed by atoms with van der Waals surface area (Å²) in [6.45, 7) is 9.14. The lowest BCUT2D eigenvalue weighted by Gasteiger charge is -2.07. The Bertz CT molecular complexity index is 1010. The molecular weight excluding hydrogens is 394 g/mol. The lowest BCUT2D eigenvalue weighted by molar-refractivity contribution is -0.118. The molecule has 1 heterocycles. The number of nitrogens with zero attached hydrogens (tertiary/aromatic N) is 4. The Morgan fingerprint density at radius 3 is 2.47 bits per heavy atom. The maximum absolute atomic E-state index is 12.2. The van der Waals surface area contributed by atoms with Crippen LogP contribution in [0.2, 0.25) is 0 Å². The molecule has 0 radical (unpaired) electrons. The third-order valence-electron chi connectivity index (χ3n) is 4.68. The molecule has 0 aliphatic rings. The number of nitrogens with one attached hydrogen (secondary N) is 1. The van der Waals surface area contributed by atoms with Crippen molar-refractivity contribution in [2.75, 3.05) is 5.75 Å². The summed E-state index contributed by atoms with van der Waals surface area (Å²) in [5, 5.41) is 13.4. The summed E-state index contributed by atoms with van der Waals surface area (Å²) in [5.74, 6) is 1.33. The molecule has 0 atom stereocenters. The van der Waals surface area contributed by atoms with Gasteiger partial charge in [0.2, 0.25) is 0 Å². The highest BCUT2D eigenvalue weighted by Crippen LogP contribution is 2.24. The average molecular weight is 422 g/mol. The first-order valence-electron chi connectivity index (χ1n) is 10.0. The van der Waals surface area contributed by atoms with Crippen LogP contribution in [-0.4, -0.2) is 32.6 Å². The van der Waals surface area contributed by atoms with Crippen molar-refractivity contribution in [2.45, 2.75) is 45.3 Å². The zero-order chi connectivity index (χ0) is 21.5. The van der Waals surface area contributed by atoms with Gasteiger partial charge in [0.1, 0.15) is 0 Å². The predicted molar refractivity (Wildman–Crippen MR) is 123 cm³/mol. The second kappa shape index (κ2) is 10.2. The molecule has 0 unspecified atom stereocenters. The van der Waals surface area contributed by atoms with E-state index in [0.29, 0.717) is 5.92 Å². The van der Waals surface area contributed by atoms with Gasteiger partial charge in [-0.2, -0.15) is 5.10 Å². The zero-order valence-corrected chi connectivity index (χ0v) is 18.6. The lowest BCUT2D eigenvalue weighted by atomic mass is 10.0. The summed E-state index contributed by atoms with van der Waals surface area (Å²) < 4.78 is 2.02. The van der Waals surface area contributed by atoms with Crippen molar-refractivity contribution in [2.24, 2.45) is 5.10 Å². The average Bonchev–Trinajstić information content (AvgIpc) is 3.16. The summed E-state index contributed by atoms with van der Waals surface area (Å²) in [6, 6.07) is 16.3. The Morgan fingerprint density at radius 2 is 1.83 bits per heavy atom. The monoisotopic (exact) mass is 421 g/mol. The van der Waals surface area contributed by atoms with Crippen molar-refractivity contribution in [3.05, 3.63) is 65.2 Å². The fourth-order valence-electron chi connectivity index (χ4n) is 2.90. The van der Waals surface area contributed by atoms with Crippen LogP contribution in [0.3, 0.4) is 0 Å². The van der Waals surface area contributed by atoms with Crippen LogP contribution >= 0.6 is 11.8 Å². The first-order chi connectivity index (χ1) is 14.5. The molecule has 0 fully saturated rings. The minimum Gasteiger partial charge on any atom is -0.302 e. The topological polar surface area (TPSA) is 72.2 Å². The number of thioether (sulfide) groups is 1. The molecule has 1 N–H and O–H groups in total. The molecule has 156 valence electrons. The van der Waals surface area contributed by atoms with Gasteiger partial charge < -0.3 is 4.57 Å². The third kappa shape index (κ3) is 5.57. The smallest absolute Gasteiger partial charge is 0.250 e. The van der Waals surface area contributed by atoms with E-state index >= 15 is 0 Å². The Morgan fingerprint density at radius 1 is 1.13 bits per heavy atom. The molecule has 0 saturated heterocycles. The maximum atomic E-state index is 12.2. The summed E-state index contributed by atoms with van der Waals surface area (Å²) >= 11 is 1.35. The SMILES string of the molecule is CCn1c(SCC(=O)N/N=C\c2ccc(C(C)C)cc2)nnc1-c1ccc(C)cc1. The molecule has 2 aromatic carbocycles. The Kier molecular flexibility index (Phi) is 7.41. The van der Waals surface area contributed by atoms with E-state index in [1.54, 1.807) is 6.21 Å². The predicted octanol–water partition coefficient (Wildman–Crippen LogP) is 4.64. The van der Waals surface area contributed by atoms with Crippen LogP contribution in [0.25, 0.3) is 11.4 Å². The maximum Gasteiger partial charge on any atom is 0.250 e. The number of rotatable bonds is 8. The quantitative estimate of drug-likeness (QED) is 0.327. The summed E-state index contributed by atoms with van der Waals surface area (Å²) in [4.78, 5) is 12.2. The van der Waals surface area contributed by atoms with E-state index in [0.717, 1.165) is 28.7 Å². The number of hydrogen-bond donors (Lipinski definition) is 1. The van der Waals surface area contributed by atoms with Gasteiger partial charge in [0.15, 0.2) is 11.0 Å². The molecule has 1 amide bonds. The second-order valence-electron chi connectivity index (χ2n) is 7.32. The molecule has 3 rings (SSSR count). The molecular formula is C23H27N5OS. The van der Waals surface area contributed by atoms with Crippen LogP contribution in [-0.2, 0) is 11.3 Å². The fraction of sp³-hybridized carbons (Fsp3) is 0.304. The van der Waals surface area contributed by atoms with E-state index in [4.69, 9.17) is 0 Å². The number of amides is 1. The standard InChI is InChI=1S/C23H27N5OS/c1-5-28-22(20-10-6-17(4)7-11-20)26-27-23(28)30-15-21(29)25-24-14-18-8-12-19(13-9-18)16(2)3/h6-14,16H,5,15H2,1-4H3,(H,25,29)/b24-14-. The van der Waals surface area contributed by atoms with Crippen molar-refractivity contribution in [1.82, 2.24) is 20.2 Å². The minimum atomic E-state index is -0.183. The van der Waals surface area contributed by atoms with E-state index in [1.165, 1.54) is 22.9 Å². The van der Waals surface area contributed by atoms with Crippen molar-refractivity contribution in [1.29, 1.82) is 0 Å². The molecule has 0 spiro atoms. The van der Waals surface area contributed by atoms with Gasteiger partial charge in [-0.1, -0.05) is 79.7 Å². The molecule has 1 aromatic heterocycles. The third-order valence-corrected chi connectivity index (χ3v) is 5.65. The Balaban J connectivity index is 1.56. The zero-order valence-electron chi connectivity index (χ0n) is 17.8. The van der Waals surface area contributed by atoms with Gasteiger partial charge >= 0.3 is 0 Å². The summed E-state index contributed by atoms with van der Waals surface area (Å²) in [6.07, 6.45) is 1.65. The van der Waals surface area contributed by atoms with Crippen molar-refractivity contribution in [3.63, 3.8) is 0 Å². The van der Waals surface area contributed by atoms with Crippen LogP contribution in [0.5, 0.6) is 0 Å². The highest BCUT2D eigenvalue weighted by atomic mass is 32.2. The van der Waals surface area contributed by atoms with E-state index in [2.05, 4.69) is 65.8 Å². The van der Waals surface area contributed by atoms with Crippen LogP contribution in [0.1, 0.15) is 43.4 Å². The van der Waals surface area contributed by atoms with Gasteiger partial charge in [0, 0.05) is 12.1 Å². The van der Waals surface area contributed by atoms with E-state index in [9.17, 15) is 4.79 Å². The van der Waals surface area contributed by atoms with Gasteiger partial charge in [-0.05, 0) is 30.9 Å². The van der Waals surface area contributed by atoms with Crippen LogP contribution in [0.4, 0.5) is 0 Å². The molecule has 0 saturated carbocycles. The van der Waals surface area contributed by atoms with Gasteiger partial charge in [-0.15, -0.1) is 10.2 Å². The van der Waals surface area contributed by atoms with E-state index < -0.39 is 0 Å². The highest BCUT2D eigenvalue weighted by Gasteiger charge is 2.14. The van der Waals surface area contributed by atoms with Gasteiger partial charge in [0.05, 0.1) is 12.0 Å². The molecule has 0 bridgehead atoms. The molecule has 30 heavy (non-hydrogen) atoms. The molecule has 0 aliphatic carbocycles. The highest BCUT2D eigenvalue weighted by molar-refractivity contribution is 7.99. The number of carbonyl (C=O) groups is 1. The summed E-state index contributed by atoms with van der Waals surface area (Å²) in [5.41, 5.74) is 7.01. The number of benzene rings is 2. The number of carbonyl (C=O) groups excluding carboxylic acids is 1. The van der Waals surface area contributed by atoms with Gasteiger partial charge in [-0.3, -0.25) is 4.79 Å². The number of aryl methyl sites for hydroxylation is 1. The molecule has 3 aromatic rings. The largest absolute Gasteiger partial charge is 0.302 e. The van der Waals surface area contributed by atoms with Crippen molar-refractivity contribution >= 4 is 23.9 Å². The number of aromatic nitrogens is 3.